The molecule has 0 fully saturated rings. The van der Waals surface area contributed by atoms with Gasteiger partial charge in [-0.2, -0.15) is 5.26 Å². The van der Waals surface area contributed by atoms with Crippen LogP contribution in [-0.2, 0) is 4.79 Å². The summed E-state index contributed by atoms with van der Waals surface area (Å²) in [5.41, 5.74) is 1.04. The molecule has 114 valence electrons. The van der Waals surface area contributed by atoms with Crippen molar-refractivity contribution < 1.29 is 9.90 Å². The van der Waals surface area contributed by atoms with Gasteiger partial charge in [-0.15, -0.1) is 0 Å². The number of para-hydroxylation sites is 1. The minimum Gasteiger partial charge on any atom is -0.396 e. The summed E-state index contributed by atoms with van der Waals surface area (Å²) in [7, 11) is 0. The maximum absolute atomic E-state index is 11.9. The van der Waals surface area contributed by atoms with E-state index in [1.807, 2.05) is 0 Å². The normalized spacial score (nSPS) is 10.4. The van der Waals surface area contributed by atoms with Crippen molar-refractivity contribution in [2.75, 3.05) is 31.6 Å². The first-order valence-electron chi connectivity index (χ1n) is 7.33. The van der Waals surface area contributed by atoms with Gasteiger partial charge in [-0.3, -0.25) is 4.79 Å². The highest BCUT2D eigenvalue weighted by atomic mass is 16.3. The average molecular weight is 289 g/mol. The number of nitrogens with zero attached hydrogens (tertiary/aromatic N) is 2. The summed E-state index contributed by atoms with van der Waals surface area (Å²) in [5.74, 6) is -0.0732. The van der Waals surface area contributed by atoms with Crippen LogP contribution in [0.2, 0.25) is 0 Å². The Bertz CT molecular complexity index is 483. The highest BCUT2D eigenvalue weighted by Crippen LogP contribution is 2.14. The number of nitriles is 1. The molecule has 21 heavy (non-hydrogen) atoms. The molecule has 1 aromatic carbocycles. The summed E-state index contributed by atoms with van der Waals surface area (Å²) in [6.45, 7) is 4.87. The molecule has 0 saturated heterocycles. The molecule has 0 aliphatic rings. The summed E-state index contributed by atoms with van der Waals surface area (Å²) < 4.78 is 0. The number of anilines is 1. The van der Waals surface area contributed by atoms with Crippen LogP contribution in [-0.4, -0.2) is 42.2 Å². The molecule has 0 heterocycles. The van der Waals surface area contributed by atoms with E-state index in [2.05, 4.69) is 23.2 Å². The second-order valence-electron chi connectivity index (χ2n) is 4.82. The van der Waals surface area contributed by atoms with Crippen LogP contribution in [0.25, 0.3) is 0 Å². The highest BCUT2D eigenvalue weighted by molar-refractivity contribution is 5.92. The maximum atomic E-state index is 11.9. The monoisotopic (exact) mass is 289 g/mol. The fourth-order valence-electron chi connectivity index (χ4n) is 2.09. The number of hydrogen-bond donors (Lipinski definition) is 2. The lowest BCUT2D eigenvalue weighted by atomic mass is 10.2. The molecule has 0 saturated carbocycles. The molecule has 0 aliphatic heterocycles. The van der Waals surface area contributed by atoms with Crippen LogP contribution in [0.1, 0.15) is 31.7 Å². The molecule has 0 aliphatic carbocycles. The molecule has 5 heteroatoms. The predicted octanol–water partition coefficient (Wildman–Crippen LogP) is 1.98. The summed E-state index contributed by atoms with van der Waals surface area (Å²) in [4.78, 5) is 14.1. The van der Waals surface area contributed by atoms with Gasteiger partial charge in [0, 0.05) is 19.6 Å². The molecule has 1 rings (SSSR count). The number of carbonyl (C=O) groups is 1. The number of nitrogens with one attached hydrogen (secondary N) is 1. The van der Waals surface area contributed by atoms with E-state index in [1.54, 1.807) is 24.3 Å². The summed E-state index contributed by atoms with van der Waals surface area (Å²) >= 11 is 0. The number of aliphatic hydroxyl groups excluding tert-OH is 1. The Morgan fingerprint density at radius 2 is 2.05 bits per heavy atom. The van der Waals surface area contributed by atoms with Crippen molar-refractivity contribution in [3.63, 3.8) is 0 Å². The zero-order chi connectivity index (χ0) is 15.5. The number of rotatable bonds is 9. The van der Waals surface area contributed by atoms with E-state index in [1.165, 1.54) is 0 Å². The highest BCUT2D eigenvalue weighted by Gasteiger charge is 2.07. The maximum Gasteiger partial charge on any atom is 0.224 e. The molecule has 0 unspecified atom stereocenters. The number of carbonyl (C=O) groups excluding carboxylic acids is 1. The molecular formula is C16H23N3O2. The van der Waals surface area contributed by atoms with Crippen LogP contribution in [0.15, 0.2) is 24.3 Å². The van der Waals surface area contributed by atoms with Gasteiger partial charge in [-0.25, -0.2) is 0 Å². The molecule has 0 bridgehead atoms. The molecule has 1 aromatic rings. The van der Waals surface area contributed by atoms with Crippen molar-refractivity contribution >= 4 is 11.6 Å². The van der Waals surface area contributed by atoms with E-state index in [9.17, 15) is 4.79 Å². The van der Waals surface area contributed by atoms with Gasteiger partial charge < -0.3 is 15.3 Å². The molecule has 0 atom stereocenters. The number of benzene rings is 1. The van der Waals surface area contributed by atoms with Gasteiger partial charge in [-0.05, 0) is 38.1 Å². The SMILES string of the molecule is CCN(CCCO)CCCC(=O)Nc1ccccc1C#N. The van der Waals surface area contributed by atoms with Crippen molar-refractivity contribution in [1.29, 1.82) is 5.26 Å². The summed E-state index contributed by atoms with van der Waals surface area (Å²) in [5, 5.41) is 20.6. The molecule has 0 spiro atoms. The summed E-state index contributed by atoms with van der Waals surface area (Å²) in [6, 6.07) is 9.05. The van der Waals surface area contributed by atoms with E-state index < -0.39 is 0 Å². The van der Waals surface area contributed by atoms with Crippen molar-refractivity contribution in [2.45, 2.75) is 26.2 Å². The fourth-order valence-corrected chi connectivity index (χ4v) is 2.09. The van der Waals surface area contributed by atoms with Crippen molar-refractivity contribution in [3.8, 4) is 6.07 Å². The second-order valence-corrected chi connectivity index (χ2v) is 4.82. The van der Waals surface area contributed by atoms with E-state index >= 15 is 0 Å². The van der Waals surface area contributed by atoms with Gasteiger partial charge in [0.15, 0.2) is 0 Å². The molecule has 1 amide bonds. The van der Waals surface area contributed by atoms with E-state index in [-0.39, 0.29) is 12.5 Å². The predicted molar refractivity (Wildman–Crippen MR) is 82.8 cm³/mol. The second kappa shape index (κ2) is 9.92. The minimum atomic E-state index is -0.0732. The molecule has 0 aromatic heterocycles. The Labute approximate surface area is 126 Å². The smallest absolute Gasteiger partial charge is 0.224 e. The van der Waals surface area contributed by atoms with Crippen LogP contribution < -0.4 is 5.32 Å². The quantitative estimate of drug-likeness (QED) is 0.729. The lowest BCUT2D eigenvalue weighted by Crippen LogP contribution is -2.27. The lowest BCUT2D eigenvalue weighted by Gasteiger charge is -2.19. The third-order valence-corrected chi connectivity index (χ3v) is 3.28. The first-order valence-corrected chi connectivity index (χ1v) is 7.33. The Kier molecular flexibility index (Phi) is 8.10. The molecule has 2 N–H and O–H groups in total. The zero-order valence-electron chi connectivity index (χ0n) is 12.5. The third kappa shape index (κ3) is 6.39. The fraction of sp³-hybridized carbons (Fsp3) is 0.500. The number of hydrogen-bond acceptors (Lipinski definition) is 4. The molecular weight excluding hydrogens is 266 g/mol. The van der Waals surface area contributed by atoms with Crippen molar-refractivity contribution in [3.05, 3.63) is 29.8 Å². The largest absolute Gasteiger partial charge is 0.396 e. The van der Waals surface area contributed by atoms with Crippen molar-refractivity contribution in [2.24, 2.45) is 0 Å². The zero-order valence-corrected chi connectivity index (χ0v) is 12.5. The Morgan fingerprint density at radius 1 is 1.33 bits per heavy atom. The van der Waals surface area contributed by atoms with Gasteiger partial charge in [0.25, 0.3) is 0 Å². The number of amides is 1. The average Bonchev–Trinajstić information content (AvgIpc) is 2.51. The number of aliphatic hydroxyl groups is 1. The van der Waals surface area contributed by atoms with Crippen LogP contribution in [0.5, 0.6) is 0 Å². The minimum absolute atomic E-state index is 0.0732. The summed E-state index contributed by atoms with van der Waals surface area (Å²) in [6.07, 6.45) is 1.95. The van der Waals surface area contributed by atoms with Crippen molar-refractivity contribution in [1.82, 2.24) is 4.90 Å². The van der Waals surface area contributed by atoms with Gasteiger partial charge >= 0.3 is 0 Å². The molecule has 5 nitrogen and oxygen atoms in total. The van der Waals surface area contributed by atoms with Crippen LogP contribution in [0.4, 0.5) is 5.69 Å². The molecule has 0 radical (unpaired) electrons. The Balaban J connectivity index is 2.36. The first kappa shape index (κ1) is 17.2. The topological polar surface area (TPSA) is 76.4 Å². The van der Waals surface area contributed by atoms with Gasteiger partial charge in [-0.1, -0.05) is 19.1 Å². The Hall–Kier alpha value is -1.90. The van der Waals surface area contributed by atoms with Crippen LogP contribution in [0, 0.1) is 11.3 Å². The van der Waals surface area contributed by atoms with Crippen LogP contribution >= 0.6 is 0 Å². The first-order chi connectivity index (χ1) is 10.2. The van der Waals surface area contributed by atoms with E-state index in [4.69, 9.17) is 10.4 Å². The third-order valence-electron chi connectivity index (χ3n) is 3.28. The van der Waals surface area contributed by atoms with E-state index in [0.29, 0.717) is 17.7 Å². The van der Waals surface area contributed by atoms with Gasteiger partial charge in [0.05, 0.1) is 11.3 Å². The van der Waals surface area contributed by atoms with E-state index in [0.717, 1.165) is 32.5 Å². The van der Waals surface area contributed by atoms with Crippen LogP contribution in [0.3, 0.4) is 0 Å². The Morgan fingerprint density at radius 3 is 2.71 bits per heavy atom. The van der Waals surface area contributed by atoms with Gasteiger partial charge in [0.1, 0.15) is 6.07 Å². The standard InChI is InChI=1S/C16H23N3O2/c1-2-19(11-6-12-20)10-5-9-16(21)18-15-8-4-3-7-14(15)13-17/h3-4,7-8,20H,2,5-6,9-12H2,1H3,(H,18,21). The van der Waals surface area contributed by atoms with Gasteiger partial charge in [0.2, 0.25) is 5.91 Å². The lowest BCUT2D eigenvalue weighted by molar-refractivity contribution is -0.116.